The van der Waals surface area contributed by atoms with Crippen molar-refractivity contribution in [3.63, 3.8) is 0 Å². The summed E-state index contributed by atoms with van der Waals surface area (Å²) >= 11 is 0. The third kappa shape index (κ3) is 4.50. The molecule has 0 amide bonds. The van der Waals surface area contributed by atoms with Crippen molar-refractivity contribution in [3.05, 3.63) is 53.1 Å². The van der Waals surface area contributed by atoms with E-state index in [9.17, 15) is 23.5 Å². The Hall–Kier alpha value is -4.65. The Bertz CT molecular complexity index is 2170. The number of halogens is 4. The van der Waals surface area contributed by atoms with Gasteiger partial charge in [-0.2, -0.15) is 15.2 Å². The number of alkyl halides is 2. The average Bonchev–Trinajstić information content (AvgIpc) is 3.40. The second-order valence-electron chi connectivity index (χ2n) is 14.5. The molecule has 1 saturated carbocycles. The Balaban J connectivity index is 1.21. The van der Waals surface area contributed by atoms with Crippen LogP contribution in [0.4, 0.5) is 23.4 Å². The normalized spacial score (nSPS) is 28.2. The summed E-state index contributed by atoms with van der Waals surface area (Å²) in [5.41, 5.74) is -2.07. The van der Waals surface area contributed by atoms with Crippen molar-refractivity contribution in [2.24, 2.45) is 5.41 Å². The van der Waals surface area contributed by atoms with E-state index in [0.717, 1.165) is 19.3 Å². The molecule has 2 N–H and O–H groups in total. The van der Waals surface area contributed by atoms with Crippen molar-refractivity contribution in [1.29, 1.82) is 5.26 Å². The molecular formula is C37H32F4N6O2. The van der Waals surface area contributed by atoms with E-state index in [1.165, 1.54) is 30.3 Å². The molecule has 4 aliphatic heterocycles. The number of aromatic hydroxyl groups is 1. The number of rotatable bonds is 5. The second-order valence-corrected chi connectivity index (χ2v) is 14.5. The summed E-state index contributed by atoms with van der Waals surface area (Å²) in [4.78, 5) is 13.5. The number of benzene rings is 3. The first-order chi connectivity index (χ1) is 23.5. The Morgan fingerprint density at radius 2 is 1.88 bits per heavy atom. The predicted molar refractivity (Wildman–Crippen MR) is 175 cm³/mol. The summed E-state index contributed by atoms with van der Waals surface area (Å²) in [5, 5.41) is 25.4. The number of hydrogen-bond donors (Lipinski definition) is 2. The molecule has 5 heterocycles. The fourth-order valence-electron chi connectivity index (χ4n) is 9.23. The lowest BCUT2D eigenvalue weighted by Crippen LogP contribution is -2.51. The molecule has 0 radical (unpaired) electrons. The third-order valence-electron chi connectivity index (χ3n) is 11.6. The van der Waals surface area contributed by atoms with Crippen LogP contribution in [-0.4, -0.2) is 76.3 Å². The lowest BCUT2D eigenvalue weighted by molar-refractivity contribution is 0.0647. The molecule has 0 unspecified atom stereocenters. The molecule has 4 aromatic rings. The van der Waals surface area contributed by atoms with Crippen LogP contribution in [0, 0.1) is 40.7 Å². The van der Waals surface area contributed by atoms with Gasteiger partial charge in [-0.25, -0.2) is 17.6 Å². The largest absolute Gasteiger partial charge is 0.508 e. The Morgan fingerprint density at radius 3 is 2.59 bits per heavy atom. The third-order valence-corrected chi connectivity index (χ3v) is 11.6. The van der Waals surface area contributed by atoms with Crippen LogP contribution in [0.2, 0.25) is 0 Å². The van der Waals surface area contributed by atoms with Crippen LogP contribution in [-0.2, 0) is 0 Å². The number of aromatic nitrogens is 2. The highest BCUT2D eigenvalue weighted by atomic mass is 19.3. The number of nitriles is 1. The topological polar surface area (TPSA) is 97.5 Å². The molecule has 8 nitrogen and oxygen atoms in total. The van der Waals surface area contributed by atoms with Crippen LogP contribution in [0.15, 0.2) is 30.3 Å². The van der Waals surface area contributed by atoms with Crippen molar-refractivity contribution in [2.75, 3.05) is 37.7 Å². The van der Waals surface area contributed by atoms with Gasteiger partial charge < -0.3 is 20.1 Å². The first-order valence-electron chi connectivity index (χ1n) is 16.7. The summed E-state index contributed by atoms with van der Waals surface area (Å²) in [6.07, 6.45) is 9.44. The minimum Gasteiger partial charge on any atom is -0.508 e. The van der Waals surface area contributed by atoms with E-state index in [1.807, 2.05) is 0 Å². The van der Waals surface area contributed by atoms with E-state index in [0.29, 0.717) is 55.6 Å². The summed E-state index contributed by atoms with van der Waals surface area (Å²) in [6.45, 7) is 2.32. The molecule has 9 rings (SSSR count). The second kappa shape index (κ2) is 10.4. The number of piperazine rings is 1. The van der Waals surface area contributed by atoms with Gasteiger partial charge in [0.1, 0.15) is 29.5 Å². The fourth-order valence-corrected chi connectivity index (χ4v) is 9.23. The molecule has 4 saturated heterocycles. The number of anilines is 1. The first kappa shape index (κ1) is 30.4. The highest BCUT2D eigenvalue weighted by Crippen LogP contribution is 2.69. The van der Waals surface area contributed by atoms with E-state index in [4.69, 9.17) is 16.1 Å². The number of fused-ring (bicyclic) bond motifs is 5. The van der Waals surface area contributed by atoms with Crippen LogP contribution in [0.25, 0.3) is 32.8 Å². The number of nitrogens with zero attached hydrogens (tertiary/aromatic N) is 5. The van der Waals surface area contributed by atoms with Gasteiger partial charge in [0.05, 0.1) is 28.2 Å². The maximum absolute atomic E-state index is 17.2. The fraction of sp³-hybridized carbons (Fsp3) is 0.432. The maximum Gasteiger partial charge on any atom is 0.319 e. The number of phenolic OH excluding ortho intramolecular Hbond substituents is 1. The van der Waals surface area contributed by atoms with Crippen LogP contribution in [0.3, 0.4) is 0 Å². The number of phenols is 1. The number of hydrogen-bond acceptors (Lipinski definition) is 8. The summed E-state index contributed by atoms with van der Waals surface area (Å²) in [6, 6.07) is 9.21. The molecule has 12 heteroatoms. The number of terminal acetylenes is 1. The molecule has 250 valence electrons. The van der Waals surface area contributed by atoms with E-state index in [2.05, 4.69) is 32.1 Å². The Morgan fingerprint density at radius 1 is 1.10 bits per heavy atom. The molecule has 3 aromatic carbocycles. The van der Waals surface area contributed by atoms with E-state index >= 15 is 4.39 Å². The van der Waals surface area contributed by atoms with Crippen LogP contribution < -0.4 is 15.0 Å². The zero-order chi connectivity index (χ0) is 33.9. The lowest BCUT2D eigenvalue weighted by atomic mass is 9.89. The van der Waals surface area contributed by atoms with Gasteiger partial charge in [0.15, 0.2) is 5.82 Å². The van der Waals surface area contributed by atoms with Gasteiger partial charge in [-0.3, -0.25) is 4.90 Å². The highest BCUT2D eigenvalue weighted by Gasteiger charge is 2.77. The molecule has 4 atom stereocenters. The van der Waals surface area contributed by atoms with Crippen LogP contribution in [0.1, 0.15) is 49.7 Å². The minimum atomic E-state index is -2.69. The van der Waals surface area contributed by atoms with E-state index in [1.54, 1.807) is 0 Å². The van der Waals surface area contributed by atoms with Gasteiger partial charge in [0.25, 0.3) is 5.92 Å². The monoisotopic (exact) mass is 668 g/mol. The molecule has 5 fully saturated rings. The first-order valence-corrected chi connectivity index (χ1v) is 16.7. The van der Waals surface area contributed by atoms with Gasteiger partial charge >= 0.3 is 6.01 Å². The van der Waals surface area contributed by atoms with Crippen molar-refractivity contribution < 1.29 is 27.4 Å². The van der Waals surface area contributed by atoms with Crippen LogP contribution in [0.5, 0.6) is 11.8 Å². The molecule has 1 spiro atoms. The highest BCUT2D eigenvalue weighted by molar-refractivity contribution is 6.05. The van der Waals surface area contributed by atoms with Gasteiger partial charge in [-0.1, -0.05) is 12.0 Å². The molecule has 1 aliphatic carbocycles. The molecule has 1 aromatic heterocycles. The van der Waals surface area contributed by atoms with Crippen molar-refractivity contribution in [3.8, 4) is 41.3 Å². The molecule has 5 aliphatic rings. The molecule has 49 heavy (non-hydrogen) atoms. The number of ether oxygens (including phenoxy) is 1. The van der Waals surface area contributed by atoms with Gasteiger partial charge in [-0.05, 0) is 73.9 Å². The summed E-state index contributed by atoms with van der Waals surface area (Å²) in [7, 11) is 0. The number of nitrogens with one attached hydrogen (secondary N) is 1. The standard InChI is InChI=1S/C37H32F4N6O2/c1-2-25-28(38)7-4-20-10-24(48)12-26(29(20)25)30-21(13-42)11-27-32(31(30)39)44-34(45-33(27)46-14-22-5-6-23(15-46)43-22)49-19-36-8-3-9-47(36)18-35(16-36)17-37(35,40)41/h1,4,7,10-12,22-23,43,48H,3,5-6,8-9,14-19H2/t22-,23+,35-,36+/m1/s1. The SMILES string of the molecule is C#Cc1c(F)ccc2cc(O)cc(-c3c(C#N)cc4c(N5C[C@H]6CC[C@@H](C5)N6)nc(OC[C@@]56CCCN5C[C@]5(CC5(F)F)C6)nc4c3F)c12. The van der Waals surface area contributed by atoms with E-state index in [-0.39, 0.29) is 70.0 Å². The van der Waals surface area contributed by atoms with E-state index < -0.39 is 28.5 Å². The average molecular weight is 669 g/mol. The van der Waals surface area contributed by atoms with Gasteiger partial charge in [0, 0.05) is 54.5 Å². The quantitative estimate of drug-likeness (QED) is 0.202. The van der Waals surface area contributed by atoms with Crippen LogP contribution >= 0.6 is 0 Å². The lowest BCUT2D eigenvalue weighted by Gasteiger charge is -2.35. The Labute approximate surface area is 279 Å². The predicted octanol–water partition coefficient (Wildman–Crippen LogP) is 5.87. The smallest absolute Gasteiger partial charge is 0.319 e. The maximum atomic E-state index is 17.2. The van der Waals surface area contributed by atoms with Crippen molar-refractivity contribution in [2.45, 2.75) is 62.1 Å². The summed E-state index contributed by atoms with van der Waals surface area (Å²) in [5.74, 6) is -1.73. The molecular weight excluding hydrogens is 636 g/mol. The van der Waals surface area contributed by atoms with Gasteiger partial charge in [-0.15, -0.1) is 6.42 Å². The van der Waals surface area contributed by atoms with Gasteiger partial charge in [0.2, 0.25) is 0 Å². The van der Waals surface area contributed by atoms with Crippen molar-refractivity contribution >= 4 is 27.5 Å². The van der Waals surface area contributed by atoms with Crippen molar-refractivity contribution in [1.82, 2.24) is 20.2 Å². The minimum absolute atomic E-state index is 0.0448. The Kier molecular flexibility index (Phi) is 6.47. The summed E-state index contributed by atoms with van der Waals surface area (Å²) < 4.78 is 67.5. The molecule has 2 bridgehead atoms. The zero-order valence-electron chi connectivity index (χ0n) is 26.5. The zero-order valence-corrected chi connectivity index (χ0v) is 26.5.